The summed E-state index contributed by atoms with van der Waals surface area (Å²) in [7, 11) is 0. The van der Waals surface area contributed by atoms with Crippen LogP contribution in [0, 0.1) is 5.92 Å². The maximum atomic E-state index is 4.15. The van der Waals surface area contributed by atoms with E-state index in [1.165, 1.54) is 19.3 Å². The van der Waals surface area contributed by atoms with E-state index in [4.69, 9.17) is 0 Å². The van der Waals surface area contributed by atoms with Crippen LogP contribution in [0.5, 0.6) is 0 Å². The van der Waals surface area contributed by atoms with Gasteiger partial charge in [0.25, 0.3) is 0 Å². The van der Waals surface area contributed by atoms with Crippen molar-refractivity contribution in [2.45, 2.75) is 19.3 Å². The largest absolute Gasteiger partial charge is 1.00 e. The summed E-state index contributed by atoms with van der Waals surface area (Å²) < 4.78 is 0. The molecule has 0 saturated heterocycles. The van der Waals surface area contributed by atoms with Crippen molar-refractivity contribution in [2.75, 3.05) is 5.75 Å². The molecular weight excluding hydrogens is 115 g/mol. The fourth-order valence-corrected chi connectivity index (χ4v) is 1.04. The van der Waals surface area contributed by atoms with E-state index in [0.29, 0.717) is 0 Å². The van der Waals surface area contributed by atoms with Crippen molar-refractivity contribution < 1.29 is 31.0 Å². The van der Waals surface area contributed by atoms with Crippen molar-refractivity contribution in [3.63, 3.8) is 0 Å². The summed E-state index contributed by atoms with van der Waals surface area (Å²) in [4.78, 5) is 0. The summed E-state index contributed by atoms with van der Waals surface area (Å²) in [5, 5.41) is 0. The van der Waals surface area contributed by atoms with E-state index in [9.17, 15) is 0 Å². The van der Waals surface area contributed by atoms with E-state index in [1.54, 1.807) is 0 Å². The van der Waals surface area contributed by atoms with Crippen molar-refractivity contribution in [2.24, 2.45) is 5.92 Å². The first-order valence-electron chi connectivity index (χ1n) is 2.54. The van der Waals surface area contributed by atoms with Crippen LogP contribution in [0.2, 0.25) is 0 Å². The monoisotopic (exact) mass is 126 g/mol. The second-order valence-electron chi connectivity index (χ2n) is 1.98. The molecule has 1 fully saturated rings. The summed E-state index contributed by atoms with van der Waals surface area (Å²) in [6.07, 6.45) is 4.32. The zero-order chi connectivity index (χ0) is 4.41. The maximum absolute atomic E-state index is 4.15. The van der Waals surface area contributed by atoms with Gasteiger partial charge < -0.3 is 1.43 Å². The Labute approximate surface area is 74.2 Å². The Bertz CT molecular complexity index is 44.9. The predicted octanol–water partition coefficient (Wildman–Crippen LogP) is -1.17. The van der Waals surface area contributed by atoms with Crippen molar-refractivity contribution in [1.82, 2.24) is 0 Å². The van der Waals surface area contributed by atoms with Gasteiger partial charge in [0.1, 0.15) is 0 Å². The van der Waals surface area contributed by atoms with Gasteiger partial charge >= 0.3 is 29.6 Å². The van der Waals surface area contributed by atoms with Crippen LogP contribution in [-0.4, -0.2) is 5.75 Å². The van der Waals surface area contributed by atoms with Gasteiger partial charge in [-0.1, -0.05) is 6.42 Å². The molecule has 1 saturated carbocycles. The van der Waals surface area contributed by atoms with Crippen molar-refractivity contribution in [3.8, 4) is 0 Å². The Morgan fingerprint density at radius 2 is 2.14 bits per heavy atom. The van der Waals surface area contributed by atoms with Crippen LogP contribution in [0.25, 0.3) is 0 Å². The van der Waals surface area contributed by atoms with E-state index in [0.717, 1.165) is 11.7 Å². The average molecular weight is 126 g/mol. The third-order valence-corrected chi connectivity index (χ3v) is 2.00. The van der Waals surface area contributed by atoms with Gasteiger partial charge in [0.2, 0.25) is 0 Å². The molecule has 0 bridgehead atoms. The zero-order valence-corrected chi connectivity index (χ0v) is 7.75. The molecule has 7 heavy (non-hydrogen) atoms. The quantitative estimate of drug-likeness (QED) is 0.332. The predicted molar refractivity (Wildman–Crippen MR) is 32.3 cm³/mol. The summed E-state index contributed by atoms with van der Waals surface area (Å²) >= 11 is 4.15. The fourth-order valence-electron chi connectivity index (χ4n) is 0.675. The van der Waals surface area contributed by atoms with Crippen LogP contribution >= 0.6 is 12.6 Å². The molecule has 1 rings (SSSR count). The smallest absolute Gasteiger partial charge is 1.00 e. The molecule has 0 aromatic rings. The third kappa shape index (κ3) is 2.41. The molecular formula is C5H11NaS. The van der Waals surface area contributed by atoms with E-state index in [-0.39, 0.29) is 31.0 Å². The normalized spacial score (nSPS) is 20.1. The first-order valence-corrected chi connectivity index (χ1v) is 3.17. The van der Waals surface area contributed by atoms with E-state index in [1.807, 2.05) is 0 Å². The van der Waals surface area contributed by atoms with Crippen LogP contribution in [0.15, 0.2) is 0 Å². The van der Waals surface area contributed by atoms with Gasteiger partial charge in [0.15, 0.2) is 0 Å². The van der Waals surface area contributed by atoms with Crippen LogP contribution < -0.4 is 29.6 Å². The fraction of sp³-hybridized carbons (Fsp3) is 1.00. The third-order valence-electron chi connectivity index (χ3n) is 1.48. The van der Waals surface area contributed by atoms with Crippen LogP contribution in [0.4, 0.5) is 0 Å². The summed E-state index contributed by atoms with van der Waals surface area (Å²) in [6.45, 7) is 0. The second kappa shape index (κ2) is 4.25. The Balaban J connectivity index is 0. The van der Waals surface area contributed by atoms with Gasteiger partial charge in [0, 0.05) is 0 Å². The first kappa shape index (κ1) is 8.35. The van der Waals surface area contributed by atoms with Crippen molar-refractivity contribution in [3.05, 3.63) is 0 Å². The Kier molecular flexibility index (Phi) is 5.07. The first-order chi connectivity index (χ1) is 2.93. The molecule has 2 heteroatoms. The van der Waals surface area contributed by atoms with Gasteiger partial charge in [-0.05, 0) is 24.5 Å². The topological polar surface area (TPSA) is 0 Å². The van der Waals surface area contributed by atoms with Crippen LogP contribution in [-0.2, 0) is 0 Å². The molecule has 0 radical (unpaired) electrons. The van der Waals surface area contributed by atoms with Crippen molar-refractivity contribution in [1.29, 1.82) is 0 Å². The number of hydrogen-bond donors (Lipinski definition) is 1. The summed E-state index contributed by atoms with van der Waals surface area (Å²) in [5.74, 6) is 2.09. The molecule has 0 amide bonds. The van der Waals surface area contributed by atoms with Gasteiger partial charge in [-0.25, -0.2) is 0 Å². The second-order valence-corrected chi connectivity index (χ2v) is 2.34. The molecule has 1 aliphatic carbocycles. The Hall–Kier alpha value is 1.35. The van der Waals surface area contributed by atoms with Gasteiger partial charge in [-0.3, -0.25) is 0 Å². The minimum Gasteiger partial charge on any atom is -1.00 e. The molecule has 0 nitrogen and oxygen atoms in total. The van der Waals surface area contributed by atoms with Gasteiger partial charge in [-0.15, -0.1) is 0 Å². The van der Waals surface area contributed by atoms with Gasteiger partial charge in [0.05, 0.1) is 0 Å². The zero-order valence-electron chi connectivity index (χ0n) is 5.85. The Morgan fingerprint density at radius 1 is 1.57 bits per heavy atom. The van der Waals surface area contributed by atoms with Crippen LogP contribution in [0.3, 0.4) is 0 Å². The molecule has 0 spiro atoms. The molecule has 1 aliphatic rings. The van der Waals surface area contributed by atoms with E-state index >= 15 is 0 Å². The average Bonchev–Trinajstić information content (AvgIpc) is 1.31. The molecule has 0 aliphatic heterocycles. The number of hydrogen-bond acceptors (Lipinski definition) is 1. The van der Waals surface area contributed by atoms with Crippen molar-refractivity contribution >= 4 is 12.6 Å². The maximum Gasteiger partial charge on any atom is 1.00 e. The minimum absolute atomic E-state index is 0. The molecule has 0 aromatic heterocycles. The standard InChI is InChI=1S/C5H10S.Na.H/c6-4-5-2-1-3-5;;/h5-6H,1-4H2;;/q;+1;-1. The minimum atomic E-state index is 0. The van der Waals surface area contributed by atoms with Crippen LogP contribution in [0.1, 0.15) is 20.7 Å². The molecule has 0 atom stereocenters. The van der Waals surface area contributed by atoms with E-state index < -0.39 is 0 Å². The molecule has 0 unspecified atom stereocenters. The summed E-state index contributed by atoms with van der Waals surface area (Å²) in [6, 6.07) is 0. The number of thiol groups is 1. The van der Waals surface area contributed by atoms with Gasteiger partial charge in [-0.2, -0.15) is 12.6 Å². The van der Waals surface area contributed by atoms with E-state index in [2.05, 4.69) is 12.6 Å². The summed E-state index contributed by atoms with van der Waals surface area (Å²) in [5.41, 5.74) is 0. The molecule has 0 aromatic carbocycles. The SMILES string of the molecule is SCC1CCC1.[H-].[Na+]. The number of rotatable bonds is 1. The molecule has 38 valence electrons. The molecule has 0 heterocycles. The molecule has 0 N–H and O–H groups in total. The Morgan fingerprint density at radius 3 is 2.14 bits per heavy atom.